The van der Waals surface area contributed by atoms with Crippen molar-refractivity contribution in [2.75, 3.05) is 19.6 Å². The molecule has 3 nitrogen and oxygen atoms in total. The van der Waals surface area contributed by atoms with E-state index in [-0.39, 0.29) is 6.54 Å². The number of terminal acetylenes is 1. The summed E-state index contributed by atoms with van der Waals surface area (Å²) in [7, 11) is 0. The molecular formula is C16H23NO2. The third kappa shape index (κ3) is 2.65. The Bertz CT molecular complexity index is 374. The van der Waals surface area contributed by atoms with Crippen molar-refractivity contribution in [1.29, 1.82) is 0 Å². The summed E-state index contributed by atoms with van der Waals surface area (Å²) in [6.45, 7) is 1.45. The van der Waals surface area contributed by atoms with Crippen LogP contribution in [0.4, 0.5) is 0 Å². The van der Waals surface area contributed by atoms with Gasteiger partial charge in [-0.05, 0) is 61.7 Å². The lowest BCUT2D eigenvalue weighted by Crippen LogP contribution is -2.51. The van der Waals surface area contributed by atoms with Crippen molar-refractivity contribution >= 4 is 5.97 Å². The number of hydrogen-bond acceptors (Lipinski definition) is 2. The lowest BCUT2D eigenvalue weighted by Gasteiger charge is -2.57. The molecule has 0 heterocycles. The minimum atomic E-state index is -0.764. The highest BCUT2D eigenvalue weighted by atomic mass is 16.4. The fourth-order valence-corrected chi connectivity index (χ4v) is 5.45. The van der Waals surface area contributed by atoms with Crippen LogP contribution in [0.1, 0.15) is 38.5 Å². The van der Waals surface area contributed by atoms with Crippen LogP contribution in [0.3, 0.4) is 0 Å². The highest BCUT2D eigenvalue weighted by Gasteiger charge is 2.51. The molecule has 0 amide bonds. The van der Waals surface area contributed by atoms with Gasteiger partial charge in [-0.2, -0.15) is 0 Å². The van der Waals surface area contributed by atoms with E-state index in [0.717, 1.165) is 24.3 Å². The summed E-state index contributed by atoms with van der Waals surface area (Å²) < 4.78 is 0. The standard InChI is InChI=1S/C16H23NO2/c1-2-3-17(10-15(18)19)11-16-7-12-4-13(8-16)6-14(5-12)9-16/h1,12-14H,3-11H2,(H,18,19). The zero-order valence-electron chi connectivity index (χ0n) is 11.5. The van der Waals surface area contributed by atoms with Crippen LogP contribution in [0.2, 0.25) is 0 Å². The third-order valence-corrected chi connectivity index (χ3v) is 5.40. The summed E-state index contributed by atoms with van der Waals surface area (Å²) in [5.41, 5.74) is 0.376. The summed E-state index contributed by atoms with van der Waals surface area (Å²) in [6.07, 6.45) is 13.6. The van der Waals surface area contributed by atoms with E-state index in [1.165, 1.54) is 38.5 Å². The van der Waals surface area contributed by atoms with Gasteiger partial charge in [0.1, 0.15) is 0 Å². The Kier molecular flexibility index (Phi) is 3.30. The predicted molar refractivity (Wildman–Crippen MR) is 73.5 cm³/mol. The molecular weight excluding hydrogens is 238 g/mol. The fourth-order valence-electron chi connectivity index (χ4n) is 5.45. The molecule has 4 aliphatic carbocycles. The zero-order chi connectivity index (χ0) is 13.5. The van der Waals surface area contributed by atoms with Crippen LogP contribution in [0.25, 0.3) is 0 Å². The van der Waals surface area contributed by atoms with Gasteiger partial charge < -0.3 is 5.11 Å². The average Bonchev–Trinajstić information content (AvgIpc) is 2.25. The van der Waals surface area contributed by atoms with Gasteiger partial charge in [0.25, 0.3) is 0 Å². The number of carboxylic acids is 1. The molecule has 4 aliphatic rings. The van der Waals surface area contributed by atoms with Crippen molar-refractivity contribution in [3.05, 3.63) is 0 Å². The Morgan fingerprint density at radius 3 is 2.16 bits per heavy atom. The molecule has 3 heteroatoms. The lowest BCUT2D eigenvalue weighted by atomic mass is 9.49. The zero-order valence-corrected chi connectivity index (χ0v) is 11.5. The molecule has 0 saturated heterocycles. The maximum atomic E-state index is 11.0. The van der Waals surface area contributed by atoms with Gasteiger partial charge >= 0.3 is 5.97 Å². The molecule has 0 unspecified atom stereocenters. The molecule has 0 aromatic carbocycles. The topological polar surface area (TPSA) is 40.5 Å². The van der Waals surface area contributed by atoms with Crippen molar-refractivity contribution in [3.8, 4) is 12.3 Å². The normalized spacial score (nSPS) is 39.5. The monoisotopic (exact) mass is 261 g/mol. The highest BCUT2D eigenvalue weighted by molar-refractivity contribution is 5.69. The Balaban J connectivity index is 1.70. The van der Waals surface area contributed by atoms with Crippen LogP contribution in [0.5, 0.6) is 0 Å². The summed E-state index contributed by atoms with van der Waals surface area (Å²) >= 11 is 0. The van der Waals surface area contributed by atoms with Crippen LogP contribution in [-0.4, -0.2) is 35.6 Å². The Hall–Kier alpha value is -1.01. The fraction of sp³-hybridized carbons (Fsp3) is 0.812. The SMILES string of the molecule is C#CCN(CC(=O)O)CC12CC3CC(CC(C3)C1)C2. The summed E-state index contributed by atoms with van der Waals surface area (Å²) in [4.78, 5) is 12.9. The van der Waals surface area contributed by atoms with Crippen molar-refractivity contribution in [1.82, 2.24) is 4.90 Å². The second-order valence-electron chi connectivity index (χ2n) is 7.16. The Morgan fingerprint density at radius 2 is 1.74 bits per heavy atom. The van der Waals surface area contributed by atoms with Crippen LogP contribution in [0, 0.1) is 35.5 Å². The number of hydrogen-bond donors (Lipinski definition) is 1. The van der Waals surface area contributed by atoms with E-state index in [1.807, 2.05) is 4.90 Å². The molecule has 4 fully saturated rings. The van der Waals surface area contributed by atoms with E-state index >= 15 is 0 Å². The molecule has 19 heavy (non-hydrogen) atoms. The van der Waals surface area contributed by atoms with Crippen molar-refractivity contribution in [3.63, 3.8) is 0 Å². The second-order valence-corrected chi connectivity index (χ2v) is 7.16. The largest absolute Gasteiger partial charge is 0.480 e. The maximum absolute atomic E-state index is 11.0. The van der Waals surface area contributed by atoms with Gasteiger partial charge in [0.15, 0.2) is 0 Å². The van der Waals surface area contributed by atoms with Crippen LogP contribution in [-0.2, 0) is 4.79 Å². The van der Waals surface area contributed by atoms with Gasteiger partial charge in [-0.15, -0.1) is 6.42 Å². The number of aliphatic carboxylic acids is 1. The van der Waals surface area contributed by atoms with Crippen molar-refractivity contribution in [2.24, 2.45) is 23.2 Å². The van der Waals surface area contributed by atoms with Crippen molar-refractivity contribution in [2.45, 2.75) is 38.5 Å². The van der Waals surface area contributed by atoms with E-state index in [9.17, 15) is 4.79 Å². The highest BCUT2D eigenvalue weighted by Crippen LogP contribution is 2.60. The van der Waals surface area contributed by atoms with Gasteiger partial charge in [-0.1, -0.05) is 5.92 Å². The molecule has 0 spiro atoms. The second kappa shape index (κ2) is 4.83. The molecule has 4 bridgehead atoms. The van der Waals surface area contributed by atoms with E-state index < -0.39 is 5.97 Å². The molecule has 1 N–H and O–H groups in total. The maximum Gasteiger partial charge on any atom is 0.317 e. The summed E-state index contributed by atoms with van der Waals surface area (Å²) in [5.74, 6) is 4.57. The van der Waals surface area contributed by atoms with E-state index in [2.05, 4.69) is 5.92 Å². The Morgan fingerprint density at radius 1 is 1.21 bits per heavy atom. The first-order chi connectivity index (χ1) is 9.08. The van der Waals surface area contributed by atoms with Crippen LogP contribution >= 0.6 is 0 Å². The molecule has 0 aromatic heterocycles. The molecule has 0 atom stereocenters. The predicted octanol–water partition coefficient (Wildman–Crippen LogP) is 2.22. The van der Waals surface area contributed by atoms with Gasteiger partial charge in [-0.3, -0.25) is 9.69 Å². The molecule has 4 rings (SSSR count). The summed E-state index contributed by atoms with van der Waals surface area (Å²) in [5, 5.41) is 9.01. The number of rotatable bonds is 5. The Labute approximate surface area is 115 Å². The van der Waals surface area contributed by atoms with Gasteiger partial charge in [0, 0.05) is 6.54 Å². The number of carbonyl (C=O) groups is 1. The first-order valence-electron chi connectivity index (χ1n) is 7.46. The molecule has 4 saturated carbocycles. The lowest BCUT2D eigenvalue weighted by molar-refractivity contribution is -0.139. The third-order valence-electron chi connectivity index (χ3n) is 5.40. The van der Waals surface area contributed by atoms with Gasteiger partial charge in [-0.25, -0.2) is 0 Å². The first kappa shape index (κ1) is 13.0. The van der Waals surface area contributed by atoms with Crippen LogP contribution < -0.4 is 0 Å². The summed E-state index contributed by atoms with van der Waals surface area (Å²) in [6, 6.07) is 0. The first-order valence-corrected chi connectivity index (χ1v) is 7.46. The van der Waals surface area contributed by atoms with Crippen LogP contribution in [0.15, 0.2) is 0 Å². The molecule has 104 valence electrons. The van der Waals surface area contributed by atoms with Gasteiger partial charge in [0.2, 0.25) is 0 Å². The van der Waals surface area contributed by atoms with Gasteiger partial charge in [0.05, 0.1) is 13.1 Å². The van der Waals surface area contributed by atoms with E-state index in [1.54, 1.807) is 0 Å². The molecule has 0 aromatic rings. The number of nitrogens with zero attached hydrogens (tertiary/aromatic N) is 1. The minimum absolute atomic E-state index is 0.0892. The van der Waals surface area contributed by atoms with E-state index in [0.29, 0.717) is 12.0 Å². The van der Waals surface area contributed by atoms with E-state index in [4.69, 9.17) is 11.5 Å². The average molecular weight is 261 g/mol. The molecule has 0 radical (unpaired) electrons. The molecule has 0 aliphatic heterocycles. The minimum Gasteiger partial charge on any atom is -0.480 e. The smallest absolute Gasteiger partial charge is 0.317 e. The van der Waals surface area contributed by atoms with Crippen molar-refractivity contribution < 1.29 is 9.90 Å². The number of carboxylic acid groups (broad SMARTS) is 1. The quantitative estimate of drug-likeness (QED) is 0.771.